The van der Waals surface area contributed by atoms with E-state index in [0.717, 1.165) is 6.04 Å². The molecule has 0 bridgehead atoms. The van der Waals surface area contributed by atoms with Gasteiger partial charge in [0.2, 0.25) is 0 Å². The van der Waals surface area contributed by atoms with Crippen molar-refractivity contribution >= 4 is 15.9 Å². The highest BCUT2D eigenvalue weighted by atomic mass is 79.9. The quantitative estimate of drug-likeness (QED) is 0.666. The van der Waals surface area contributed by atoms with Crippen molar-refractivity contribution in [2.24, 2.45) is 5.41 Å². The number of alkyl halides is 1. The van der Waals surface area contributed by atoms with Crippen molar-refractivity contribution in [3.63, 3.8) is 0 Å². The van der Waals surface area contributed by atoms with Gasteiger partial charge in [-0.1, -0.05) is 28.8 Å². The minimum atomic E-state index is 0.637. The number of fused-ring (bicyclic) bond motifs is 1. The van der Waals surface area contributed by atoms with Crippen LogP contribution in [0.2, 0.25) is 0 Å². The molecule has 0 aromatic rings. The first-order chi connectivity index (χ1) is 5.37. The van der Waals surface area contributed by atoms with Crippen LogP contribution in [-0.4, -0.2) is 17.9 Å². The van der Waals surface area contributed by atoms with Crippen LogP contribution in [0.3, 0.4) is 0 Å². The average Bonchev–Trinajstić information content (AvgIpc) is 2.48. The number of rotatable bonds is 1. The minimum absolute atomic E-state index is 0.637. The van der Waals surface area contributed by atoms with E-state index in [1.54, 1.807) is 0 Å². The first kappa shape index (κ1) is 8.06. The Labute approximate surface area is 77.1 Å². The average molecular weight is 218 g/mol. The lowest BCUT2D eigenvalue weighted by molar-refractivity contribution is 0.205. The van der Waals surface area contributed by atoms with Crippen LogP contribution >= 0.6 is 15.9 Å². The van der Waals surface area contributed by atoms with E-state index in [1.165, 1.54) is 44.0 Å². The highest BCUT2D eigenvalue weighted by molar-refractivity contribution is 9.09. The fourth-order valence-corrected chi connectivity index (χ4v) is 3.60. The molecule has 0 aromatic heterocycles. The topological polar surface area (TPSA) is 12.0 Å². The van der Waals surface area contributed by atoms with Crippen LogP contribution in [0.1, 0.15) is 32.1 Å². The first-order valence-corrected chi connectivity index (χ1v) is 5.79. The van der Waals surface area contributed by atoms with Crippen molar-refractivity contribution in [2.45, 2.75) is 38.1 Å². The third-order valence-corrected chi connectivity index (χ3v) is 4.55. The lowest BCUT2D eigenvalue weighted by Gasteiger charge is -2.37. The summed E-state index contributed by atoms with van der Waals surface area (Å²) in [6.07, 6.45) is 7.13. The molecule has 1 saturated carbocycles. The number of halogens is 1. The Morgan fingerprint density at radius 2 is 2.27 bits per heavy atom. The smallest absolute Gasteiger partial charge is 0.0132 e. The Kier molecular flexibility index (Phi) is 2.24. The fourth-order valence-electron chi connectivity index (χ4n) is 2.65. The van der Waals surface area contributed by atoms with Gasteiger partial charge in [-0.15, -0.1) is 0 Å². The van der Waals surface area contributed by atoms with Crippen LogP contribution in [0.4, 0.5) is 0 Å². The summed E-state index contributed by atoms with van der Waals surface area (Å²) < 4.78 is 0. The predicted molar refractivity (Wildman–Crippen MR) is 51.1 cm³/mol. The molecule has 1 aliphatic heterocycles. The second-order valence-electron chi connectivity index (χ2n) is 4.00. The SMILES string of the molecule is BrCC12CCCCC1NCC2. The van der Waals surface area contributed by atoms with Crippen LogP contribution in [-0.2, 0) is 0 Å². The zero-order chi connectivity index (χ0) is 7.73. The summed E-state index contributed by atoms with van der Waals surface area (Å²) in [6.45, 7) is 1.25. The van der Waals surface area contributed by atoms with Gasteiger partial charge in [0.25, 0.3) is 0 Å². The van der Waals surface area contributed by atoms with E-state index in [1.807, 2.05) is 0 Å². The van der Waals surface area contributed by atoms with Gasteiger partial charge in [-0.2, -0.15) is 0 Å². The van der Waals surface area contributed by atoms with Crippen molar-refractivity contribution in [3.05, 3.63) is 0 Å². The third kappa shape index (κ3) is 1.25. The lowest BCUT2D eigenvalue weighted by atomic mass is 9.72. The normalized spacial score (nSPS) is 43.9. The molecule has 1 heterocycles. The Bertz CT molecular complexity index is 148. The molecule has 1 N–H and O–H groups in total. The summed E-state index contributed by atoms with van der Waals surface area (Å²) in [5, 5.41) is 4.83. The molecule has 2 heteroatoms. The molecular weight excluding hydrogens is 202 g/mol. The molecular formula is C9H16BrN. The summed E-state index contributed by atoms with van der Waals surface area (Å²) in [4.78, 5) is 0. The molecule has 2 unspecified atom stereocenters. The van der Waals surface area contributed by atoms with E-state index in [9.17, 15) is 0 Å². The van der Waals surface area contributed by atoms with Gasteiger partial charge >= 0.3 is 0 Å². The zero-order valence-electron chi connectivity index (χ0n) is 6.91. The monoisotopic (exact) mass is 217 g/mol. The molecule has 2 aliphatic rings. The van der Waals surface area contributed by atoms with Crippen molar-refractivity contribution in [3.8, 4) is 0 Å². The van der Waals surface area contributed by atoms with Gasteiger partial charge in [0, 0.05) is 11.4 Å². The molecule has 0 spiro atoms. The van der Waals surface area contributed by atoms with Crippen molar-refractivity contribution in [1.29, 1.82) is 0 Å². The molecule has 2 rings (SSSR count). The maximum Gasteiger partial charge on any atom is 0.0132 e. The van der Waals surface area contributed by atoms with E-state index in [4.69, 9.17) is 0 Å². The van der Waals surface area contributed by atoms with Crippen LogP contribution in [0.15, 0.2) is 0 Å². The summed E-state index contributed by atoms with van der Waals surface area (Å²) in [6, 6.07) is 0.829. The summed E-state index contributed by atoms with van der Waals surface area (Å²) in [5.74, 6) is 0. The summed E-state index contributed by atoms with van der Waals surface area (Å²) in [5.41, 5.74) is 0.637. The summed E-state index contributed by atoms with van der Waals surface area (Å²) in [7, 11) is 0. The van der Waals surface area contributed by atoms with Crippen LogP contribution in [0.5, 0.6) is 0 Å². The van der Waals surface area contributed by atoms with Gasteiger partial charge in [0.05, 0.1) is 0 Å². The number of hydrogen-bond donors (Lipinski definition) is 1. The van der Waals surface area contributed by atoms with E-state index >= 15 is 0 Å². The minimum Gasteiger partial charge on any atom is -0.313 e. The van der Waals surface area contributed by atoms with E-state index in [0.29, 0.717) is 5.41 Å². The molecule has 0 radical (unpaired) electrons. The Morgan fingerprint density at radius 3 is 3.00 bits per heavy atom. The molecule has 1 nitrogen and oxygen atoms in total. The predicted octanol–water partition coefficient (Wildman–Crippen LogP) is 2.30. The van der Waals surface area contributed by atoms with Crippen molar-refractivity contribution < 1.29 is 0 Å². The Morgan fingerprint density at radius 1 is 1.36 bits per heavy atom. The van der Waals surface area contributed by atoms with E-state index in [-0.39, 0.29) is 0 Å². The number of nitrogens with one attached hydrogen (secondary N) is 1. The summed E-state index contributed by atoms with van der Waals surface area (Å²) >= 11 is 3.67. The molecule has 0 amide bonds. The van der Waals surface area contributed by atoms with Gasteiger partial charge in [0.15, 0.2) is 0 Å². The van der Waals surface area contributed by atoms with Gasteiger partial charge in [-0.3, -0.25) is 0 Å². The largest absolute Gasteiger partial charge is 0.313 e. The van der Waals surface area contributed by atoms with Gasteiger partial charge in [-0.05, 0) is 31.2 Å². The third-order valence-electron chi connectivity index (χ3n) is 3.44. The van der Waals surface area contributed by atoms with Crippen LogP contribution < -0.4 is 5.32 Å². The molecule has 0 aromatic carbocycles. The molecule has 2 fully saturated rings. The molecule has 1 aliphatic carbocycles. The van der Waals surface area contributed by atoms with Gasteiger partial charge in [0.1, 0.15) is 0 Å². The second-order valence-corrected chi connectivity index (χ2v) is 4.56. The van der Waals surface area contributed by atoms with Crippen LogP contribution in [0.25, 0.3) is 0 Å². The highest BCUT2D eigenvalue weighted by Crippen LogP contribution is 2.43. The highest BCUT2D eigenvalue weighted by Gasteiger charge is 2.42. The second kappa shape index (κ2) is 3.06. The maximum absolute atomic E-state index is 3.67. The molecule has 11 heavy (non-hydrogen) atoms. The maximum atomic E-state index is 3.67. The molecule has 1 saturated heterocycles. The van der Waals surface area contributed by atoms with Gasteiger partial charge in [-0.25, -0.2) is 0 Å². The Balaban J connectivity index is 2.12. The Hall–Kier alpha value is 0.440. The standard InChI is InChI=1S/C9H16BrN/c10-7-9-4-2-1-3-8(9)11-6-5-9/h8,11H,1-7H2. The van der Waals surface area contributed by atoms with E-state index < -0.39 is 0 Å². The van der Waals surface area contributed by atoms with Gasteiger partial charge < -0.3 is 5.32 Å². The molecule has 64 valence electrons. The van der Waals surface area contributed by atoms with Crippen molar-refractivity contribution in [2.75, 3.05) is 11.9 Å². The first-order valence-electron chi connectivity index (χ1n) is 4.67. The van der Waals surface area contributed by atoms with E-state index in [2.05, 4.69) is 21.2 Å². The fraction of sp³-hybridized carbons (Fsp3) is 1.00. The lowest BCUT2D eigenvalue weighted by Crippen LogP contribution is -2.40. The van der Waals surface area contributed by atoms with Crippen LogP contribution in [0, 0.1) is 5.41 Å². The zero-order valence-corrected chi connectivity index (χ0v) is 8.49. The number of hydrogen-bond acceptors (Lipinski definition) is 1. The molecule has 2 atom stereocenters. The van der Waals surface area contributed by atoms with Crippen molar-refractivity contribution in [1.82, 2.24) is 5.32 Å².